The van der Waals surface area contributed by atoms with Crippen molar-refractivity contribution in [2.24, 2.45) is 5.73 Å². The Labute approximate surface area is 100 Å². The van der Waals surface area contributed by atoms with Crippen LogP contribution >= 0.6 is 0 Å². The Bertz CT molecular complexity index is 417. The molecule has 0 radical (unpaired) electrons. The van der Waals surface area contributed by atoms with Crippen LogP contribution in [0.25, 0.3) is 0 Å². The Morgan fingerprint density at radius 1 is 1.47 bits per heavy atom. The number of carbonyl (C=O) groups is 1. The number of carboxylic acid groups (broad SMARTS) is 1. The van der Waals surface area contributed by atoms with Crippen LogP contribution in [0.4, 0.5) is 0 Å². The summed E-state index contributed by atoms with van der Waals surface area (Å²) in [6, 6.07) is 2.23. The summed E-state index contributed by atoms with van der Waals surface area (Å²) in [4.78, 5) is 10.9. The van der Waals surface area contributed by atoms with E-state index in [-0.39, 0.29) is 0 Å². The highest BCUT2D eigenvalue weighted by molar-refractivity contribution is 5.76. The highest BCUT2D eigenvalue weighted by Crippen LogP contribution is 2.31. The lowest BCUT2D eigenvalue weighted by atomic mass is 10.0. The zero-order valence-electron chi connectivity index (χ0n) is 10.2. The van der Waals surface area contributed by atoms with Crippen molar-refractivity contribution in [3.8, 4) is 11.5 Å². The van der Waals surface area contributed by atoms with Gasteiger partial charge < -0.3 is 20.3 Å². The molecule has 0 heterocycles. The molecule has 3 N–H and O–H groups in total. The van der Waals surface area contributed by atoms with E-state index in [1.54, 1.807) is 12.1 Å². The Morgan fingerprint density at radius 2 is 2.12 bits per heavy atom. The van der Waals surface area contributed by atoms with Crippen LogP contribution in [0.5, 0.6) is 11.5 Å². The average Bonchev–Trinajstić information content (AvgIpc) is 2.30. The molecule has 0 spiro atoms. The molecule has 1 rings (SSSR count). The predicted octanol–water partition coefficient (Wildman–Crippen LogP) is 1.49. The first kappa shape index (κ1) is 13.3. The topological polar surface area (TPSA) is 81.8 Å². The van der Waals surface area contributed by atoms with Crippen molar-refractivity contribution in [2.75, 3.05) is 13.7 Å². The van der Waals surface area contributed by atoms with E-state index >= 15 is 0 Å². The number of aryl methyl sites for hydroxylation is 1. The predicted molar refractivity (Wildman–Crippen MR) is 63.5 cm³/mol. The number of ether oxygens (including phenoxy) is 2. The summed E-state index contributed by atoms with van der Waals surface area (Å²) >= 11 is 0. The molecule has 0 aliphatic heterocycles. The number of benzene rings is 1. The average molecular weight is 239 g/mol. The second-order valence-electron chi connectivity index (χ2n) is 3.61. The summed E-state index contributed by atoms with van der Waals surface area (Å²) in [5.74, 6) is -0.0181. The first-order valence-corrected chi connectivity index (χ1v) is 5.31. The first-order valence-electron chi connectivity index (χ1n) is 5.31. The van der Waals surface area contributed by atoms with Gasteiger partial charge in [-0.3, -0.25) is 4.79 Å². The third kappa shape index (κ3) is 2.88. The zero-order valence-corrected chi connectivity index (χ0v) is 10.2. The number of nitrogens with two attached hydrogens (primary N) is 1. The maximum atomic E-state index is 10.9. The molecule has 1 aromatic rings. The van der Waals surface area contributed by atoms with Crippen LogP contribution in [0.1, 0.15) is 24.1 Å². The number of rotatable bonds is 5. The van der Waals surface area contributed by atoms with Crippen LogP contribution < -0.4 is 15.2 Å². The highest BCUT2D eigenvalue weighted by atomic mass is 16.5. The Kier molecular flexibility index (Phi) is 4.34. The minimum atomic E-state index is -1.12. The van der Waals surface area contributed by atoms with Gasteiger partial charge in [0, 0.05) is 5.56 Å². The summed E-state index contributed by atoms with van der Waals surface area (Å²) in [6.45, 7) is 4.24. The van der Waals surface area contributed by atoms with Gasteiger partial charge in [-0.2, -0.15) is 0 Å². The maximum absolute atomic E-state index is 10.9. The first-order chi connectivity index (χ1) is 8.01. The summed E-state index contributed by atoms with van der Waals surface area (Å²) in [5.41, 5.74) is 6.89. The smallest absolute Gasteiger partial charge is 0.325 e. The van der Waals surface area contributed by atoms with Crippen molar-refractivity contribution in [1.29, 1.82) is 0 Å². The Morgan fingerprint density at radius 3 is 2.59 bits per heavy atom. The van der Waals surface area contributed by atoms with E-state index < -0.39 is 12.0 Å². The van der Waals surface area contributed by atoms with Crippen LogP contribution in [-0.2, 0) is 4.79 Å². The van der Waals surface area contributed by atoms with Gasteiger partial charge in [-0.05, 0) is 31.5 Å². The number of hydrogen-bond donors (Lipinski definition) is 2. The normalized spacial score (nSPS) is 12.0. The van der Waals surface area contributed by atoms with E-state index in [9.17, 15) is 4.79 Å². The van der Waals surface area contributed by atoms with Crippen molar-refractivity contribution in [2.45, 2.75) is 19.9 Å². The lowest BCUT2D eigenvalue weighted by Crippen LogP contribution is -2.21. The van der Waals surface area contributed by atoms with Crippen LogP contribution in [0.3, 0.4) is 0 Å². The number of carboxylic acids is 1. The fourth-order valence-corrected chi connectivity index (χ4v) is 1.54. The van der Waals surface area contributed by atoms with E-state index in [2.05, 4.69) is 0 Å². The molecule has 0 aliphatic carbocycles. The largest absolute Gasteiger partial charge is 0.496 e. The van der Waals surface area contributed by atoms with Crippen LogP contribution in [0.15, 0.2) is 12.1 Å². The van der Waals surface area contributed by atoms with Crippen molar-refractivity contribution in [3.05, 3.63) is 23.3 Å². The third-order valence-electron chi connectivity index (χ3n) is 2.43. The SMILES string of the molecule is CCOc1cc(C(N)C(=O)O)c(OC)cc1C. The molecule has 0 saturated carbocycles. The van der Waals surface area contributed by atoms with Gasteiger partial charge in [0.25, 0.3) is 0 Å². The van der Waals surface area contributed by atoms with Gasteiger partial charge >= 0.3 is 5.97 Å². The molecule has 94 valence electrons. The van der Waals surface area contributed by atoms with Gasteiger partial charge in [-0.25, -0.2) is 0 Å². The van der Waals surface area contributed by atoms with Gasteiger partial charge in [0.05, 0.1) is 13.7 Å². The van der Waals surface area contributed by atoms with Gasteiger partial charge in [0.2, 0.25) is 0 Å². The molecule has 0 aromatic heterocycles. The second-order valence-corrected chi connectivity index (χ2v) is 3.61. The van der Waals surface area contributed by atoms with E-state index in [1.807, 2.05) is 13.8 Å². The van der Waals surface area contributed by atoms with Crippen molar-refractivity contribution in [3.63, 3.8) is 0 Å². The van der Waals surface area contributed by atoms with Crippen LogP contribution in [-0.4, -0.2) is 24.8 Å². The lowest BCUT2D eigenvalue weighted by Gasteiger charge is -2.16. The molecular formula is C12H17NO4. The van der Waals surface area contributed by atoms with Gasteiger partial charge in [-0.1, -0.05) is 0 Å². The second kappa shape index (κ2) is 5.54. The molecule has 5 nitrogen and oxygen atoms in total. The third-order valence-corrected chi connectivity index (χ3v) is 2.43. The summed E-state index contributed by atoms with van der Waals surface area (Å²) in [6.07, 6.45) is 0. The molecule has 0 fully saturated rings. The molecule has 0 amide bonds. The number of hydrogen-bond acceptors (Lipinski definition) is 4. The standard InChI is InChI=1S/C12H17NO4/c1-4-17-9-6-8(11(13)12(14)15)10(16-3)5-7(9)2/h5-6,11H,4,13H2,1-3H3,(H,14,15). The van der Waals surface area contributed by atoms with Gasteiger partial charge in [0.15, 0.2) is 0 Å². The molecule has 0 aliphatic rings. The molecule has 1 aromatic carbocycles. The zero-order chi connectivity index (χ0) is 13.0. The van der Waals surface area contributed by atoms with Crippen molar-refractivity contribution in [1.82, 2.24) is 0 Å². The Balaban J connectivity index is 3.25. The Hall–Kier alpha value is -1.75. The van der Waals surface area contributed by atoms with Gasteiger partial charge in [0.1, 0.15) is 17.5 Å². The van der Waals surface area contributed by atoms with Crippen molar-refractivity contribution >= 4 is 5.97 Å². The quantitative estimate of drug-likeness (QED) is 0.813. The van der Waals surface area contributed by atoms with Crippen LogP contribution in [0, 0.1) is 6.92 Å². The molecule has 1 atom stereocenters. The molecule has 1 unspecified atom stereocenters. The summed E-state index contributed by atoms with van der Waals surface area (Å²) in [5, 5.41) is 8.92. The van der Waals surface area contributed by atoms with E-state index in [1.165, 1.54) is 7.11 Å². The van der Waals surface area contributed by atoms with Gasteiger partial charge in [-0.15, -0.1) is 0 Å². The van der Waals surface area contributed by atoms with E-state index in [0.29, 0.717) is 23.7 Å². The molecule has 17 heavy (non-hydrogen) atoms. The fraction of sp³-hybridized carbons (Fsp3) is 0.417. The van der Waals surface area contributed by atoms with E-state index in [0.717, 1.165) is 5.56 Å². The minimum absolute atomic E-state index is 0.411. The monoisotopic (exact) mass is 239 g/mol. The number of methoxy groups -OCH3 is 1. The summed E-state index contributed by atoms with van der Waals surface area (Å²) in [7, 11) is 1.48. The minimum Gasteiger partial charge on any atom is -0.496 e. The highest BCUT2D eigenvalue weighted by Gasteiger charge is 2.20. The summed E-state index contributed by atoms with van der Waals surface area (Å²) < 4.78 is 10.5. The van der Waals surface area contributed by atoms with E-state index in [4.69, 9.17) is 20.3 Å². The van der Waals surface area contributed by atoms with Crippen LogP contribution in [0.2, 0.25) is 0 Å². The number of aliphatic carboxylic acids is 1. The fourth-order valence-electron chi connectivity index (χ4n) is 1.54. The maximum Gasteiger partial charge on any atom is 0.325 e. The molecule has 0 bridgehead atoms. The molecule has 5 heteroatoms. The molecule has 0 saturated heterocycles. The lowest BCUT2D eigenvalue weighted by molar-refractivity contribution is -0.138. The van der Waals surface area contributed by atoms with Crippen molar-refractivity contribution < 1.29 is 19.4 Å². The molecular weight excluding hydrogens is 222 g/mol.